The molecule has 0 unspecified atom stereocenters. The van der Waals surface area contributed by atoms with Crippen LogP contribution in [-0.4, -0.2) is 11.3 Å². The molecule has 0 aliphatic carbocycles. The lowest BCUT2D eigenvalue weighted by molar-refractivity contribution is 0.474. The highest BCUT2D eigenvalue weighted by Gasteiger charge is 2.13. The summed E-state index contributed by atoms with van der Waals surface area (Å²) in [6, 6.07) is 12.3. The van der Waals surface area contributed by atoms with E-state index in [-0.39, 0.29) is 16.9 Å². The number of benzene rings is 2. The summed E-state index contributed by atoms with van der Waals surface area (Å²) >= 11 is 0. The second-order valence-electron chi connectivity index (χ2n) is 5.89. The van der Waals surface area contributed by atoms with Crippen LogP contribution in [0.2, 0.25) is 0 Å². The first kappa shape index (κ1) is 14.9. The van der Waals surface area contributed by atoms with Crippen molar-refractivity contribution >= 4 is 17.6 Å². The van der Waals surface area contributed by atoms with Gasteiger partial charge in [0, 0.05) is 11.8 Å². The van der Waals surface area contributed by atoms with Crippen molar-refractivity contribution in [2.45, 2.75) is 26.2 Å². The summed E-state index contributed by atoms with van der Waals surface area (Å²) in [4.78, 5) is 14.9. The molecule has 2 aromatic rings. The largest absolute Gasteiger partial charge is 0.507 e. The summed E-state index contributed by atoms with van der Waals surface area (Å²) < 4.78 is 0. The van der Waals surface area contributed by atoms with Gasteiger partial charge < -0.3 is 5.11 Å². The maximum atomic E-state index is 10.5. The molecule has 0 fully saturated rings. The fourth-order valence-electron chi connectivity index (χ4n) is 1.90. The molecule has 4 heteroatoms. The van der Waals surface area contributed by atoms with Crippen LogP contribution in [0.25, 0.3) is 0 Å². The number of nitrogens with zero attached hydrogens (tertiary/aromatic N) is 2. The van der Waals surface area contributed by atoms with Crippen LogP contribution in [0.3, 0.4) is 0 Å². The van der Waals surface area contributed by atoms with Gasteiger partial charge in [0.15, 0.2) is 0 Å². The van der Waals surface area contributed by atoms with Crippen molar-refractivity contribution in [1.82, 2.24) is 0 Å². The lowest BCUT2D eigenvalue weighted by Gasteiger charge is -2.18. The second-order valence-corrected chi connectivity index (χ2v) is 5.89. The smallest absolute Gasteiger partial charge is 0.124 e. The van der Waals surface area contributed by atoms with E-state index in [0.717, 1.165) is 5.69 Å². The molecule has 0 atom stereocenters. The van der Waals surface area contributed by atoms with Crippen molar-refractivity contribution < 1.29 is 5.11 Å². The molecule has 0 aliphatic rings. The second kappa shape index (κ2) is 5.87. The Balaban J connectivity index is 2.31. The first-order valence-electron chi connectivity index (χ1n) is 6.71. The van der Waals surface area contributed by atoms with Crippen LogP contribution in [0, 0.1) is 4.91 Å². The van der Waals surface area contributed by atoms with E-state index in [9.17, 15) is 10.0 Å². The van der Waals surface area contributed by atoms with Gasteiger partial charge >= 0.3 is 0 Å². The Labute approximate surface area is 124 Å². The molecule has 1 N–H and O–H groups in total. The number of rotatable bonds is 3. The zero-order valence-electron chi connectivity index (χ0n) is 12.4. The van der Waals surface area contributed by atoms with Crippen molar-refractivity contribution in [3.63, 3.8) is 0 Å². The number of phenolic OH excluding ortho intramolecular Hbond substituents is 1. The zero-order chi connectivity index (χ0) is 15.5. The number of aliphatic imine (C=N–C) groups is 1. The topological polar surface area (TPSA) is 62.0 Å². The number of phenols is 1. The summed E-state index contributed by atoms with van der Waals surface area (Å²) in [5, 5.41) is 12.6. The minimum atomic E-state index is 0.0506. The van der Waals surface area contributed by atoms with E-state index in [1.807, 2.05) is 18.2 Å². The monoisotopic (exact) mass is 282 g/mol. The third-order valence-corrected chi connectivity index (χ3v) is 3.18. The molecular weight excluding hydrogens is 264 g/mol. The van der Waals surface area contributed by atoms with Crippen LogP contribution in [-0.2, 0) is 5.41 Å². The van der Waals surface area contributed by atoms with E-state index >= 15 is 0 Å². The SMILES string of the molecule is CC(C)(C)c1cccc(N=Cc2cc(N=O)ccc2O)c1. The van der Waals surface area contributed by atoms with Crippen molar-refractivity contribution in [2.75, 3.05) is 0 Å². The first-order valence-corrected chi connectivity index (χ1v) is 6.71. The van der Waals surface area contributed by atoms with Crippen LogP contribution in [0.1, 0.15) is 31.9 Å². The molecule has 0 aromatic heterocycles. The number of hydrogen-bond acceptors (Lipinski definition) is 4. The summed E-state index contributed by atoms with van der Waals surface area (Å²) in [6.45, 7) is 6.42. The third kappa shape index (κ3) is 3.75. The van der Waals surface area contributed by atoms with Gasteiger partial charge in [-0.15, -0.1) is 4.91 Å². The van der Waals surface area contributed by atoms with Crippen molar-refractivity contribution in [1.29, 1.82) is 0 Å². The van der Waals surface area contributed by atoms with Gasteiger partial charge in [-0.05, 0) is 46.5 Å². The van der Waals surface area contributed by atoms with Gasteiger partial charge in [0.1, 0.15) is 11.4 Å². The normalized spacial score (nSPS) is 11.8. The summed E-state index contributed by atoms with van der Waals surface area (Å²) in [6.07, 6.45) is 1.53. The van der Waals surface area contributed by atoms with Crippen LogP contribution < -0.4 is 0 Å². The van der Waals surface area contributed by atoms with Gasteiger partial charge in [-0.3, -0.25) is 4.99 Å². The van der Waals surface area contributed by atoms with Crippen molar-refractivity contribution in [2.24, 2.45) is 10.2 Å². The van der Waals surface area contributed by atoms with Crippen molar-refractivity contribution in [3.05, 3.63) is 58.5 Å². The van der Waals surface area contributed by atoms with Gasteiger partial charge in [-0.2, -0.15) is 0 Å². The molecular formula is C17H18N2O2. The minimum Gasteiger partial charge on any atom is -0.507 e. The Morgan fingerprint density at radius 2 is 1.81 bits per heavy atom. The predicted octanol–water partition coefficient (Wildman–Crippen LogP) is 4.84. The molecule has 0 aliphatic heterocycles. The van der Waals surface area contributed by atoms with E-state index in [4.69, 9.17) is 0 Å². The minimum absolute atomic E-state index is 0.0506. The fourth-order valence-corrected chi connectivity index (χ4v) is 1.90. The summed E-state index contributed by atoms with van der Waals surface area (Å²) in [5.74, 6) is 0.0677. The molecule has 0 saturated carbocycles. The summed E-state index contributed by atoms with van der Waals surface area (Å²) in [5.41, 5.74) is 2.76. The van der Waals surface area contributed by atoms with Crippen LogP contribution in [0.15, 0.2) is 52.6 Å². The Kier molecular flexibility index (Phi) is 4.17. The van der Waals surface area contributed by atoms with E-state index in [0.29, 0.717) is 5.56 Å². The number of aromatic hydroxyl groups is 1. The highest BCUT2D eigenvalue weighted by Crippen LogP contribution is 2.26. The molecule has 0 saturated heterocycles. The standard InChI is InChI=1S/C17H18N2O2/c1-17(2,3)13-5-4-6-14(10-13)18-11-12-9-15(19-21)7-8-16(12)20/h4-11,20H,1-3H3. The Hall–Kier alpha value is -2.49. The van der Waals surface area contributed by atoms with Crippen LogP contribution in [0.5, 0.6) is 5.75 Å². The summed E-state index contributed by atoms with van der Waals surface area (Å²) in [7, 11) is 0. The fraction of sp³-hybridized carbons (Fsp3) is 0.235. The molecule has 0 amide bonds. The highest BCUT2D eigenvalue weighted by molar-refractivity contribution is 5.86. The number of nitroso groups, excluding NO2 is 1. The Bertz CT molecular complexity index is 685. The average Bonchev–Trinajstić information content (AvgIpc) is 2.46. The molecule has 0 bridgehead atoms. The van der Waals surface area contributed by atoms with Gasteiger partial charge in [-0.1, -0.05) is 32.9 Å². The van der Waals surface area contributed by atoms with Gasteiger partial charge in [0.2, 0.25) is 0 Å². The van der Waals surface area contributed by atoms with E-state index in [2.05, 4.69) is 37.0 Å². The highest BCUT2D eigenvalue weighted by atomic mass is 16.3. The van der Waals surface area contributed by atoms with Crippen LogP contribution in [0.4, 0.5) is 11.4 Å². The molecule has 2 rings (SSSR count). The van der Waals surface area contributed by atoms with E-state index in [1.54, 1.807) is 0 Å². The average molecular weight is 282 g/mol. The molecule has 0 radical (unpaired) electrons. The Morgan fingerprint density at radius 1 is 1.05 bits per heavy atom. The van der Waals surface area contributed by atoms with Crippen molar-refractivity contribution in [3.8, 4) is 5.75 Å². The van der Waals surface area contributed by atoms with E-state index < -0.39 is 0 Å². The molecule has 21 heavy (non-hydrogen) atoms. The Morgan fingerprint density at radius 3 is 2.48 bits per heavy atom. The van der Waals surface area contributed by atoms with Gasteiger partial charge in [0.05, 0.1) is 5.69 Å². The molecule has 0 spiro atoms. The predicted molar refractivity (Wildman–Crippen MR) is 86.0 cm³/mol. The first-order chi connectivity index (χ1) is 9.90. The zero-order valence-corrected chi connectivity index (χ0v) is 12.4. The van der Waals surface area contributed by atoms with E-state index in [1.165, 1.54) is 30.0 Å². The maximum absolute atomic E-state index is 10.5. The lowest BCUT2D eigenvalue weighted by atomic mass is 9.87. The molecule has 0 heterocycles. The third-order valence-electron chi connectivity index (χ3n) is 3.18. The maximum Gasteiger partial charge on any atom is 0.124 e. The number of hydrogen-bond donors (Lipinski definition) is 1. The van der Waals surface area contributed by atoms with Crippen LogP contribution >= 0.6 is 0 Å². The van der Waals surface area contributed by atoms with Gasteiger partial charge in [0.25, 0.3) is 0 Å². The molecule has 108 valence electrons. The lowest BCUT2D eigenvalue weighted by Crippen LogP contribution is -2.10. The van der Waals surface area contributed by atoms with Gasteiger partial charge in [-0.25, -0.2) is 0 Å². The quantitative estimate of drug-likeness (QED) is 0.646. The molecule has 2 aromatic carbocycles. The molecule has 4 nitrogen and oxygen atoms in total.